The van der Waals surface area contributed by atoms with Gasteiger partial charge >= 0.3 is 0 Å². The minimum Gasteiger partial charge on any atom is -0.486 e. The smallest absolute Gasteiger partial charge is 0.175 e. The Morgan fingerprint density at radius 2 is 1.80 bits per heavy atom. The number of hydrogen-bond donors (Lipinski definition) is 0. The average molecular weight is 318 g/mol. The SMILES string of the molecule is CC(C)(C)C(=O)COc1ccc(I)cc1. The van der Waals surface area contributed by atoms with Crippen LogP contribution in [-0.4, -0.2) is 12.4 Å². The molecule has 0 amide bonds. The van der Waals surface area contributed by atoms with Gasteiger partial charge in [-0.2, -0.15) is 0 Å². The van der Waals surface area contributed by atoms with Crippen LogP contribution in [0.15, 0.2) is 24.3 Å². The lowest BCUT2D eigenvalue weighted by Crippen LogP contribution is -2.26. The van der Waals surface area contributed by atoms with E-state index in [0.29, 0.717) is 0 Å². The summed E-state index contributed by atoms with van der Waals surface area (Å²) in [6.45, 7) is 5.83. The summed E-state index contributed by atoms with van der Waals surface area (Å²) >= 11 is 2.23. The standard InChI is InChI=1S/C12H15IO2/c1-12(2,3)11(14)8-15-10-6-4-9(13)5-7-10/h4-7H,8H2,1-3H3. The summed E-state index contributed by atoms with van der Waals surface area (Å²) in [6.07, 6.45) is 0. The Kier molecular flexibility index (Phi) is 4.13. The van der Waals surface area contributed by atoms with Crippen LogP contribution in [-0.2, 0) is 4.79 Å². The molecule has 0 saturated carbocycles. The molecule has 1 aromatic rings. The zero-order chi connectivity index (χ0) is 11.5. The summed E-state index contributed by atoms with van der Waals surface area (Å²) in [5.74, 6) is 0.856. The molecule has 0 aliphatic heterocycles. The summed E-state index contributed by atoms with van der Waals surface area (Å²) in [4.78, 5) is 11.6. The van der Waals surface area contributed by atoms with Crippen molar-refractivity contribution < 1.29 is 9.53 Å². The molecule has 2 nitrogen and oxygen atoms in total. The van der Waals surface area contributed by atoms with Crippen LogP contribution in [0.4, 0.5) is 0 Å². The van der Waals surface area contributed by atoms with Crippen molar-refractivity contribution in [3.05, 3.63) is 27.8 Å². The molecule has 3 heteroatoms. The maximum Gasteiger partial charge on any atom is 0.175 e. The molecule has 0 spiro atoms. The molecule has 0 atom stereocenters. The zero-order valence-electron chi connectivity index (χ0n) is 9.21. The lowest BCUT2D eigenvalue weighted by atomic mass is 9.91. The average Bonchev–Trinajstić information content (AvgIpc) is 2.15. The molecular formula is C12H15IO2. The third kappa shape index (κ3) is 4.20. The van der Waals surface area contributed by atoms with Gasteiger partial charge in [-0.05, 0) is 46.9 Å². The van der Waals surface area contributed by atoms with E-state index in [0.717, 1.165) is 9.32 Å². The number of carbonyl (C=O) groups is 1. The number of Topliss-reactive ketones (excluding diaryl/α,β-unsaturated/α-hetero) is 1. The first-order chi connectivity index (χ1) is 6.89. The number of ketones is 1. The molecule has 0 saturated heterocycles. The van der Waals surface area contributed by atoms with Gasteiger partial charge in [-0.3, -0.25) is 4.79 Å². The largest absolute Gasteiger partial charge is 0.486 e. The highest BCUT2D eigenvalue weighted by molar-refractivity contribution is 14.1. The lowest BCUT2D eigenvalue weighted by Gasteiger charge is -2.16. The van der Waals surface area contributed by atoms with Gasteiger partial charge in [0.1, 0.15) is 12.4 Å². The molecule has 0 aliphatic rings. The summed E-state index contributed by atoms with van der Waals surface area (Å²) in [7, 11) is 0. The van der Waals surface area contributed by atoms with Gasteiger partial charge < -0.3 is 4.74 Å². The van der Waals surface area contributed by atoms with Crippen molar-refractivity contribution in [3.8, 4) is 5.75 Å². The fraction of sp³-hybridized carbons (Fsp3) is 0.417. The van der Waals surface area contributed by atoms with E-state index in [-0.39, 0.29) is 17.8 Å². The zero-order valence-corrected chi connectivity index (χ0v) is 11.4. The van der Waals surface area contributed by atoms with Crippen molar-refractivity contribution in [2.75, 3.05) is 6.61 Å². The molecule has 82 valence electrons. The summed E-state index contributed by atoms with van der Waals surface area (Å²) < 4.78 is 6.55. The van der Waals surface area contributed by atoms with Gasteiger partial charge in [0.2, 0.25) is 0 Å². The van der Waals surface area contributed by atoms with Crippen molar-refractivity contribution >= 4 is 28.4 Å². The van der Waals surface area contributed by atoms with E-state index < -0.39 is 0 Å². The second-order valence-electron chi connectivity index (χ2n) is 4.42. The third-order valence-electron chi connectivity index (χ3n) is 2.02. The van der Waals surface area contributed by atoms with Gasteiger partial charge in [-0.15, -0.1) is 0 Å². The van der Waals surface area contributed by atoms with E-state index in [2.05, 4.69) is 22.6 Å². The number of ether oxygens (including phenoxy) is 1. The van der Waals surface area contributed by atoms with E-state index in [1.54, 1.807) is 0 Å². The van der Waals surface area contributed by atoms with Crippen molar-refractivity contribution in [2.45, 2.75) is 20.8 Å². The highest BCUT2D eigenvalue weighted by Gasteiger charge is 2.21. The maximum atomic E-state index is 11.6. The Morgan fingerprint density at radius 3 is 2.27 bits per heavy atom. The third-order valence-corrected chi connectivity index (χ3v) is 2.74. The van der Waals surface area contributed by atoms with Gasteiger partial charge in [0.05, 0.1) is 0 Å². The molecule has 0 fully saturated rings. The Balaban J connectivity index is 2.51. The minimum absolute atomic E-state index is 0.112. The Bertz CT molecular complexity index is 336. The van der Waals surface area contributed by atoms with Gasteiger partial charge in [-0.25, -0.2) is 0 Å². The minimum atomic E-state index is -0.330. The van der Waals surface area contributed by atoms with Crippen LogP contribution >= 0.6 is 22.6 Å². The Hall–Kier alpha value is -0.580. The number of hydrogen-bond acceptors (Lipinski definition) is 2. The van der Waals surface area contributed by atoms with E-state index in [1.165, 1.54) is 0 Å². The first-order valence-electron chi connectivity index (χ1n) is 4.81. The van der Waals surface area contributed by atoms with Crippen molar-refractivity contribution in [1.82, 2.24) is 0 Å². The summed E-state index contributed by atoms with van der Waals surface area (Å²) in [5, 5.41) is 0. The maximum absolute atomic E-state index is 11.6. The normalized spacial score (nSPS) is 11.2. The van der Waals surface area contributed by atoms with Crippen LogP contribution in [0, 0.1) is 8.99 Å². The molecular weight excluding hydrogens is 303 g/mol. The predicted octanol–water partition coefficient (Wildman–Crippen LogP) is 3.29. The first-order valence-corrected chi connectivity index (χ1v) is 5.89. The molecule has 1 rings (SSSR count). The van der Waals surface area contributed by atoms with E-state index in [4.69, 9.17) is 4.74 Å². The molecule has 0 N–H and O–H groups in total. The van der Waals surface area contributed by atoms with Gasteiger partial charge in [0.15, 0.2) is 5.78 Å². The molecule has 0 bridgehead atoms. The molecule has 0 aliphatic carbocycles. The monoisotopic (exact) mass is 318 g/mol. The van der Waals surface area contributed by atoms with E-state index in [1.807, 2.05) is 45.0 Å². The van der Waals surface area contributed by atoms with Crippen molar-refractivity contribution in [3.63, 3.8) is 0 Å². The highest BCUT2D eigenvalue weighted by Crippen LogP contribution is 2.17. The van der Waals surface area contributed by atoms with Crippen LogP contribution in [0.1, 0.15) is 20.8 Å². The summed E-state index contributed by atoms with van der Waals surface area (Å²) in [5.41, 5.74) is -0.330. The van der Waals surface area contributed by atoms with Crippen LogP contribution in [0.2, 0.25) is 0 Å². The Labute approximate surface area is 104 Å². The quantitative estimate of drug-likeness (QED) is 0.800. The molecule has 0 aromatic heterocycles. The van der Waals surface area contributed by atoms with Gasteiger partial charge in [-0.1, -0.05) is 20.8 Å². The molecule has 0 unspecified atom stereocenters. The van der Waals surface area contributed by atoms with Crippen LogP contribution in [0.3, 0.4) is 0 Å². The first kappa shape index (κ1) is 12.5. The molecule has 0 radical (unpaired) electrons. The van der Waals surface area contributed by atoms with Crippen molar-refractivity contribution in [1.29, 1.82) is 0 Å². The number of halogens is 1. The highest BCUT2D eigenvalue weighted by atomic mass is 127. The summed E-state index contributed by atoms with van der Waals surface area (Å²) in [6, 6.07) is 7.66. The second kappa shape index (κ2) is 4.96. The lowest BCUT2D eigenvalue weighted by molar-refractivity contribution is -0.128. The van der Waals surface area contributed by atoms with Crippen LogP contribution < -0.4 is 4.74 Å². The number of carbonyl (C=O) groups excluding carboxylic acids is 1. The fourth-order valence-corrected chi connectivity index (χ4v) is 1.26. The number of rotatable bonds is 3. The van der Waals surface area contributed by atoms with Crippen LogP contribution in [0.25, 0.3) is 0 Å². The fourth-order valence-electron chi connectivity index (χ4n) is 0.896. The van der Waals surface area contributed by atoms with Crippen molar-refractivity contribution in [2.24, 2.45) is 5.41 Å². The van der Waals surface area contributed by atoms with E-state index >= 15 is 0 Å². The number of benzene rings is 1. The molecule has 0 heterocycles. The Morgan fingerprint density at radius 1 is 1.27 bits per heavy atom. The van der Waals surface area contributed by atoms with Gasteiger partial charge in [0.25, 0.3) is 0 Å². The topological polar surface area (TPSA) is 26.3 Å². The second-order valence-corrected chi connectivity index (χ2v) is 5.66. The molecule has 15 heavy (non-hydrogen) atoms. The van der Waals surface area contributed by atoms with Crippen LogP contribution in [0.5, 0.6) is 5.75 Å². The molecule has 1 aromatic carbocycles. The van der Waals surface area contributed by atoms with Gasteiger partial charge in [0, 0.05) is 8.99 Å². The van der Waals surface area contributed by atoms with E-state index in [9.17, 15) is 4.79 Å². The predicted molar refractivity (Wildman–Crippen MR) is 69.1 cm³/mol.